The fraction of sp³-hybridized carbons (Fsp3) is 0.455. The number of hydrogen-bond donors (Lipinski definition) is 0. The van der Waals surface area contributed by atoms with E-state index in [9.17, 15) is 12.9 Å². The van der Waals surface area contributed by atoms with Gasteiger partial charge in [-0.25, -0.2) is 0 Å². The predicted octanol–water partition coefficient (Wildman–Crippen LogP) is 0.170. The van der Waals surface area contributed by atoms with Crippen LogP contribution in [-0.2, 0) is 0 Å². The Morgan fingerprint density at radius 1 is 1.29 bits per heavy atom. The van der Waals surface area contributed by atoms with Crippen molar-refractivity contribution < 1.29 is 69.1 Å². The largest absolute Gasteiger partial charge is 1.00 e. The molecule has 0 saturated heterocycles. The molecule has 90 valence electrons. The van der Waals surface area contributed by atoms with Gasteiger partial charge in [0, 0.05) is 0 Å². The zero-order valence-electron chi connectivity index (χ0n) is 10.4. The molecule has 1 aromatic rings. The summed E-state index contributed by atoms with van der Waals surface area (Å²) in [7, 11) is 0. The molecule has 17 heavy (non-hydrogen) atoms. The van der Waals surface area contributed by atoms with Crippen LogP contribution in [0.1, 0.15) is 20.3 Å². The van der Waals surface area contributed by atoms with E-state index < -0.39 is 12.4 Å². The predicted molar refractivity (Wildman–Crippen MR) is 60.1 cm³/mol. The van der Waals surface area contributed by atoms with Gasteiger partial charge in [-0.2, -0.15) is 0 Å². The Labute approximate surface area is 143 Å². The summed E-state index contributed by atoms with van der Waals surface area (Å²) >= 11 is 0. The van der Waals surface area contributed by atoms with Crippen molar-refractivity contribution in [3.8, 4) is 5.75 Å². The summed E-state index contributed by atoms with van der Waals surface area (Å²) in [4.78, 5) is 0. The van der Waals surface area contributed by atoms with E-state index in [1.807, 2.05) is 13.8 Å². The fourth-order valence-corrected chi connectivity index (χ4v) is 1.16. The molecule has 0 aromatic heterocycles. The van der Waals surface area contributed by atoms with Crippen LogP contribution in [0.3, 0.4) is 0 Å². The molecule has 0 aliphatic heterocycles. The standard InChI is InChI=1S/C11H15BF3O.K/c1-3-9(2)8-16-11-6-4-5-10(7-11)12(13,14)15;/h4-7,9H,3,8H2,1-2H3;/q-1;+1. The molecule has 0 fully saturated rings. The van der Waals surface area contributed by atoms with Crippen LogP contribution in [0.5, 0.6) is 5.75 Å². The first-order valence-electron chi connectivity index (χ1n) is 5.36. The molecule has 0 radical (unpaired) electrons. The Bertz CT molecular complexity index is 344. The molecule has 0 N–H and O–H groups in total. The van der Waals surface area contributed by atoms with Gasteiger partial charge in [-0.15, -0.1) is 5.46 Å². The molecule has 6 heteroatoms. The van der Waals surface area contributed by atoms with Crippen LogP contribution in [0.2, 0.25) is 0 Å². The van der Waals surface area contributed by atoms with E-state index in [2.05, 4.69) is 0 Å². The minimum absolute atomic E-state index is 0. The molecule has 1 unspecified atom stereocenters. The van der Waals surface area contributed by atoms with Gasteiger partial charge in [0.15, 0.2) is 0 Å². The van der Waals surface area contributed by atoms with E-state index in [4.69, 9.17) is 4.74 Å². The summed E-state index contributed by atoms with van der Waals surface area (Å²) in [5, 5.41) is 0. The summed E-state index contributed by atoms with van der Waals surface area (Å²) in [6.45, 7) is -0.476. The monoisotopic (exact) mass is 270 g/mol. The van der Waals surface area contributed by atoms with Crippen molar-refractivity contribution in [1.82, 2.24) is 0 Å². The van der Waals surface area contributed by atoms with Gasteiger partial charge in [-0.05, 0) is 18.1 Å². The van der Waals surface area contributed by atoms with Gasteiger partial charge < -0.3 is 17.7 Å². The van der Waals surface area contributed by atoms with Gasteiger partial charge in [0.2, 0.25) is 0 Å². The molecule has 0 bridgehead atoms. The maximum absolute atomic E-state index is 12.4. The van der Waals surface area contributed by atoms with Crippen LogP contribution < -0.4 is 61.6 Å². The van der Waals surface area contributed by atoms with Crippen LogP contribution >= 0.6 is 0 Å². The Morgan fingerprint density at radius 2 is 1.94 bits per heavy atom. The third-order valence-corrected chi connectivity index (χ3v) is 2.47. The summed E-state index contributed by atoms with van der Waals surface area (Å²) in [5.74, 6) is 0.636. The van der Waals surface area contributed by atoms with Gasteiger partial charge >= 0.3 is 58.4 Å². The molecule has 1 atom stereocenters. The van der Waals surface area contributed by atoms with Crippen LogP contribution in [0, 0.1) is 5.92 Å². The number of benzene rings is 1. The van der Waals surface area contributed by atoms with Crippen molar-refractivity contribution >= 4 is 12.4 Å². The third-order valence-electron chi connectivity index (χ3n) is 2.47. The normalized spacial score (nSPS) is 12.8. The van der Waals surface area contributed by atoms with E-state index in [0.717, 1.165) is 18.6 Å². The maximum Gasteiger partial charge on any atom is 1.00 e. The van der Waals surface area contributed by atoms with E-state index in [-0.39, 0.29) is 57.1 Å². The minimum Gasteiger partial charge on any atom is -0.493 e. The minimum atomic E-state index is -4.94. The van der Waals surface area contributed by atoms with E-state index in [1.165, 1.54) is 6.07 Å². The first-order chi connectivity index (χ1) is 7.43. The summed E-state index contributed by atoms with van der Waals surface area (Å²) in [5.41, 5.74) is -0.610. The molecule has 0 amide bonds. The average Bonchev–Trinajstić information content (AvgIpc) is 2.25. The van der Waals surface area contributed by atoms with Gasteiger partial charge in [0.25, 0.3) is 0 Å². The van der Waals surface area contributed by atoms with Crippen LogP contribution in [-0.4, -0.2) is 13.6 Å². The molecule has 1 nitrogen and oxygen atoms in total. The average molecular weight is 270 g/mol. The molecule has 0 spiro atoms. The molecule has 1 aromatic carbocycles. The van der Waals surface area contributed by atoms with Crippen molar-refractivity contribution in [2.75, 3.05) is 6.61 Å². The Kier molecular flexibility index (Phi) is 8.08. The van der Waals surface area contributed by atoms with E-state index >= 15 is 0 Å². The van der Waals surface area contributed by atoms with Crippen LogP contribution in [0.15, 0.2) is 24.3 Å². The number of rotatable bonds is 5. The number of halogens is 3. The second-order valence-corrected chi connectivity index (χ2v) is 3.97. The van der Waals surface area contributed by atoms with Crippen molar-refractivity contribution in [2.45, 2.75) is 20.3 Å². The van der Waals surface area contributed by atoms with Crippen molar-refractivity contribution in [2.24, 2.45) is 5.92 Å². The number of hydrogen-bond acceptors (Lipinski definition) is 1. The molecule has 0 heterocycles. The third kappa shape index (κ3) is 6.29. The summed E-state index contributed by atoms with van der Waals surface area (Å²) in [6, 6.07) is 5.04. The van der Waals surface area contributed by atoms with Crippen LogP contribution in [0.25, 0.3) is 0 Å². The summed E-state index contributed by atoms with van der Waals surface area (Å²) in [6.07, 6.45) is 0.947. The Hall–Kier alpha value is 0.511. The smallest absolute Gasteiger partial charge is 0.493 e. The van der Waals surface area contributed by atoms with Crippen molar-refractivity contribution in [3.63, 3.8) is 0 Å². The van der Waals surface area contributed by atoms with Crippen molar-refractivity contribution in [1.29, 1.82) is 0 Å². The van der Waals surface area contributed by atoms with Gasteiger partial charge in [0.05, 0.1) is 6.61 Å². The Balaban J connectivity index is 0.00000256. The van der Waals surface area contributed by atoms with Gasteiger partial charge in [-0.3, -0.25) is 0 Å². The molecular formula is C11H15BF3KO. The van der Waals surface area contributed by atoms with Crippen LogP contribution in [0.4, 0.5) is 12.9 Å². The molecule has 1 rings (SSSR count). The molecular weight excluding hydrogens is 255 g/mol. The molecule has 0 aliphatic carbocycles. The second kappa shape index (κ2) is 7.84. The quantitative estimate of drug-likeness (QED) is 0.693. The topological polar surface area (TPSA) is 9.23 Å². The first kappa shape index (κ1) is 17.5. The Morgan fingerprint density at radius 3 is 2.47 bits per heavy atom. The molecule has 0 aliphatic rings. The zero-order chi connectivity index (χ0) is 12.2. The second-order valence-electron chi connectivity index (χ2n) is 3.97. The summed E-state index contributed by atoms with van der Waals surface area (Å²) < 4.78 is 42.6. The van der Waals surface area contributed by atoms with Gasteiger partial charge in [0.1, 0.15) is 5.75 Å². The van der Waals surface area contributed by atoms with E-state index in [1.54, 1.807) is 6.07 Å². The fourth-order valence-electron chi connectivity index (χ4n) is 1.16. The maximum atomic E-state index is 12.4. The van der Waals surface area contributed by atoms with Gasteiger partial charge in [-0.1, -0.05) is 32.4 Å². The van der Waals surface area contributed by atoms with Crippen molar-refractivity contribution in [3.05, 3.63) is 24.3 Å². The SMILES string of the molecule is CCC(C)COc1cccc([B-](F)(F)F)c1.[K+]. The zero-order valence-corrected chi connectivity index (χ0v) is 13.5. The van der Waals surface area contributed by atoms with E-state index in [0.29, 0.717) is 12.5 Å². The number of ether oxygens (including phenoxy) is 1. The first-order valence-corrected chi connectivity index (χ1v) is 5.36. The molecule has 0 saturated carbocycles.